The predicted molar refractivity (Wildman–Crippen MR) is 72.4 cm³/mol. The van der Waals surface area contributed by atoms with Gasteiger partial charge in [-0.05, 0) is 25.5 Å². The average Bonchev–Trinajstić information content (AvgIpc) is 2.28. The second-order valence-corrected chi connectivity index (χ2v) is 4.16. The summed E-state index contributed by atoms with van der Waals surface area (Å²) in [5.41, 5.74) is 3.28. The summed E-state index contributed by atoms with van der Waals surface area (Å²) in [5, 5.41) is 3.01. The number of hydrogen-bond donors (Lipinski definition) is 1. The SMILES string of the molecule is C=CCNCC(=O)N(C)c1ccc(C)cc1C. The Morgan fingerprint density at radius 3 is 2.76 bits per heavy atom. The highest BCUT2D eigenvalue weighted by atomic mass is 16.2. The molecule has 0 radical (unpaired) electrons. The van der Waals surface area contributed by atoms with Gasteiger partial charge in [0.25, 0.3) is 0 Å². The monoisotopic (exact) mass is 232 g/mol. The van der Waals surface area contributed by atoms with Crippen LogP contribution in [0.15, 0.2) is 30.9 Å². The van der Waals surface area contributed by atoms with Gasteiger partial charge in [-0.15, -0.1) is 6.58 Å². The minimum absolute atomic E-state index is 0.0544. The third-order valence-electron chi connectivity index (χ3n) is 2.65. The molecule has 0 atom stereocenters. The number of likely N-dealkylation sites (N-methyl/N-ethyl adjacent to an activating group) is 1. The first-order valence-corrected chi connectivity index (χ1v) is 5.71. The lowest BCUT2D eigenvalue weighted by molar-refractivity contribution is -0.117. The predicted octanol–water partition coefficient (Wildman–Crippen LogP) is 2.04. The number of rotatable bonds is 5. The minimum atomic E-state index is 0.0544. The summed E-state index contributed by atoms with van der Waals surface area (Å²) < 4.78 is 0. The third kappa shape index (κ3) is 3.71. The molecule has 0 spiro atoms. The maximum absolute atomic E-state index is 11.9. The number of amides is 1. The zero-order valence-electron chi connectivity index (χ0n) is 10.8. The topological polar surface area (TPSA) is 32.3 Å². The second kappa shape index (κ2) is 6.21. The molecule has 0 saturated carbocycles. The molecule has 1 N–H and O–H groups in total. The lowest BCUT2D eigenvalue weighted by atomic mass is 10.1. The van der Waals surface area contributed by atoms with Crippen LogP contribution in [0.1, 0.15) is 11.1 Å². The molecule has 0 saturated heterocycles. The van der Waals surface area contributed by atoms with Gasteiger partial charge in [-0.3, -0.25) is 4.79 Å². The lowest BCUT2D eigenvalue weighted by Crippen LogP contribution is -2.35. The highest BCUT2D eigenvalue weighted by molar-refractivity contribution is 5.95. The molecular weight excluding hydrogens is 212 g/mol. The Morgan fingerprint density at radius 1 is 1.47 bits per heavy atom. The first kappa shape index (κ1) is 13.5. The normalized spacial score (nSPS) is 10.1. The second-order valence-electron chi connectivity index (χ2n) is 4.16. The van der Waals surface area contributed by atoms with E-state index in [1.807, 2.05) is 26.0 Å². The first-order valence-electron chi connectivity index (χ1n) is 5.71. The molecule has 17 heavy (non-hydrogen) atoms. The van der Waals surface area contributed by atoms with Crippen molar-refractivity contribution < 1.29 is 4.79 Å². The molecule has 1 rings (SSSR count). The van der Waals surface area contributed by atoms with Gasteiger partial charge in [0.2, 0.25) is 5.91 Å². The molecule has 0 aliphatic heterocycles. The van der Waals surface area contributed by atoms with Crippen molar-refractivity contribution in [3.63, 3.8) is 0 Å². The summed E-state index contributed by atoms with van der Waals surface area (Å²) in [6.07, 6.45) is 1.74. The molecule has 0 aromatic heterocycles. The van der Waals surface area contributed by atoms with Gasteiger partial charge in [-0.1, -0.05) is 23.8 Å². The number of hydrogen-bond acceptors (Lipinski definition) is 2. The molecule has 1 aromatic rings. The number of aryl methyl sites for hydroxylation is 2. The Bertz CT molecular complexity index is 413. The van der Waals surface area contributed by atoms with Crippen molar-refractivity contribution in [2.24, 2.45) is 0 Å². The van der Waals surface area contributed by atoms with E-state index in [1.54, 1.807) is 18.0 Å². The number of nitrogens with zero attached hydrogens (tertiary/aromatic N) is 1. The van der Waals surface area contributed by atoms with E-state index in [9.17, 15) is 4.79 Å². The van der Waals surface area contributed by atoms with Crippen LogP contribution in [0.2, 0.25) is 0 Å². The van der Waals surface area contributed by atoms with Crippen molar-refractivity contribution in [1.29, 1.82) is 0 Å². The molecule has 3 heteroatoms. The summed E-state index contributed by atoms with van der Waals surface area (Å²) in [6, 6.07) is 6.08. The molecule has 1 aromatic carbocycles. The molecule has 3 nitrogen and oxygen atoms in total. The lowest BCUT2D eigenvalue weighted by Gasteiger charge is -2.20. The van der Waals surface area contributed by atoms with Crippen LogP contribution in [-0.2, 0) is 4.79 Å². The van der Waals surface area contributed by atoms with Crippen LogP contribution < -0.4 is 10.2 Å². The summed E-state index contributed by atoms with van der Waals surface area (Å²) in [4.78, 5) is 13.6. The van der Waals surface area contributed by atoms with Gasteiger partial charge >= 0.3 is 0 Å². The van der Waals surface area contributed by atoms with Gasteiger partial charge in [-0.25, -0.2) is 0 Å². The van der Waals surface area contributed by atoms with Crippen LogP contribution in [0.4, 0.5) is 5.69 Å². The van der Waals surface area contributed by atoms with E-state index in [2.05, 4.69) is 18.0 Å². The number of benzene rings is 1. The van der Waals surface area contributed by atoms with Gasteiger partial charge in [0.05, 0.1) is 6.54 Å². The van der Waals surface area contributed by atoms with Crippen molar-refractivity contribution in [3.05, 3.63) is 42.0 Å². The molecule has 0 heterocycles. The van der Waals surface area contributed by atoms with Crippen molar-refractivity contribution in [3.8, 4) is 0 Å². The molecule has 0 aliphatic carbocycles. The Balaban J connectivity index is 2.71. The van der Waals surface area contributed by atoms with Crippen molar-refractivity contribution in [1.82, 2.24) is 5.32 Å². The van der Waals surface area contributed by atoms with Gasteiger partial charge in [-0.2, -0.15) is 0 Å². The quantitative estimate of drug-likeness (QED) is 0.622. The van der Waals surface area contributed by atoms with Crippen LogP contribution in [0.5, 0.6) is 0 Å². The van der Waals surface area contributed by atoms with E-state index in [1.165, 1.54) is 5.56 Å². The molecule has 0 unspecified atom stereocenters. The summed E-state index contributed by atoms with van der Waals surface area (Å²) in [7, 11) is 1.80. The van der Waals surface area contributed by atoms with Crippen LogP contribution in [0.3, 0.4) is 0 Å². The number of nitrogens with one attached hydrogen (secondary N) is 1. The molecule has 0 fully saturated rings. The Morgan fingerprint density at radius 2 is 2.18 bits per heavy atom. The Hall–Kier alpha value is -1.61. The van der Waals surface area contributed by atoms with Gasteiger partial charge in [0, 0.05) is 19.3 Å². The van der Waals surface area contributed by atoms with Crippen LogP contribution >= 0.6 is 0 Å². The largest absolute Gasteiger partial charge is 0.314 e. The van der Waals surface area contributed by atoms with Crippen LogP contribution in [-0.4, -0.2) is 26.0 Å². The van der Waals surface area contributed by atoms with Gasteiger partial charge < -0.3 is 10.2 Å². The highest BCUT2D eigenvalue weighted by Crippen LogP contribution is 2.19. The average molecular weight is 232 g/mol. The summed E-state index contributed by atoms with van der Waals surface area (Å²) in [5.74, 6) is 0.0544. The fraction of sp³-hybridized carbons (Fsp3) is 0.357. The number of carbonyl (C=O) groups is 1. The summed E-state index contributed by atoms with van der Waals surface area (Å²) >= 11 is 0. The molecule has 92 valence electrons. The molecule has 0 aliphatic rings. The number of anilines is 1. The molecular formula is C14H20N2O. The van der Waals surface area contributed by atoms with Crippen LogP contribution in [0.25, 0.3) is 0 Å². The van der Waals surface area contributed by atoms with E-state index in [0.29, 0.717) is 13.1 Å². The van der Waals surface area contributed by atoms with Gasteiger partial charge in [0.15, 0.2) is 0 Å². The van der Waals surface area contributed by atoms with Crippen molar-refractivity contribution in [2.45, 2.75) is 13.8 Å². The molecule has 1 amide bonds. The standard InChI is InChI=1S/C14H20N2O/c1-5-8-15-10-14(17)16(4)13-7-6-11(2)9-12(13)3/h5-7,9,15H,1,8,10H2,2-4H3. The minimum Gasteiger partial charge on any atom is -0.314 e. The zero-order valence-corrected chi connectivity index (χ0v) is 10.8. The molecule has 0 bridgehead atoms. The van der Waals surface area contributed by atoms with E-state index >= 15 is 0 Å². The van der Waals surface area contributed by atoms with E-state index in [0.717, 1.165) is 11.3 Å². The Kier molecular flexibility index (Phi) is 4.91. The highest BCUT2D eigenvalue weighted by Gasteiger charge is 2.11. The maximum atomic E-state index is 11.9. The van der Waals surface area contributed by atoms with Crippen LogP contribution in [0, 0.1) is 13.8 Å². The third-order valence-corrected chi connectivity index (χ3v) is 2.65. The van der Waals surface area contributed by atoms with Crippen molar-refractivity contribution in [2.75, 3.05) is 25.0 Å². The van der Waals surface area contributed by atoms with Crippen molar-refractivity contribution >= 4 is 11.6 Å². The maximum Gasteiger partial charge on any atom is 0.240 e. The fourth-order valence-corrected chi connectivity index (χ4v) is 1.72. The Labute approximate surface area is 103 Å². The smallest absolute Gasteiger partial charge is 0.240 e. The van der Waals surface area contributed by atoms with E-state index in [-0.39, 0.29) is 5.91 Å². The summed E-state index contributed by atoms with van der Waals surface area (Å²) in [6.45, 7) is 8.63. The number of carbonyl (C=O) groups excluding carboxylic acids is 1. The zero-order chi connectivity index (χ0) is 12.8. The fourth-order valence-electron chi connectivity index (χ4n) is 1.72. The first-order chi connectivity index (χ1) is 8.06. The van der Waals surface area contributed by atoms with E-state index in [4.69, 9.17) is 0 Å². The van der Waals surface area contributed by atoms with E-state index < -0.39 is 0 Å². The van der Waals surface area contributed by atoms with Gasteiger partial charge in [0.1, 0.15) is 0 Å².